The van der Waals surface area contributed by atoms with E-state index in [-0.39, 0.29) is 24.1 Å². The molecule has 0 amide bonds. The molecule has 2 heterocycles. The zero-order valence-corrected chi connectivity index (χ0v) is 31.2. The number of anilines is 3. The van der Waals surface area contributed by atoms with Gasteiger partial charge in [0.05, 0.1) is 35.6 Å². The second-order valence-corrected chi connectivity index (χ2v) is 14.1. The van der Waals surface area contributed by atoms with Crippen LogP contribution in [0.5, 0.6) is 0 Å². The van der Waals surface area contributed by atoms with Gasteiger partial charge in [-0.3, -0.25) is 9.36 Å². The molecule has 59 heavy (non-hydrogen) atoms. The van der Waals surface area contributed by atoms with Crippen molar-refractivity contribution in [1.29, 1.82) is 0 Å². The van der Waals surface area contributed by atoms with Gasteiger partial charge in [0.1, 0.15) is 11.0 Å². The van der Waals surface area contributed by atoms with E-state index < -0.39 is 23.5 Å². The highest BCUT2D eigenvalue weighted by molar-refractivity contribution is 5.97. The number of fused-ring (bicyclic) bond motifs is 2. The predicted molar refractivity (Wildman–Crippen MR) is 220 cm³/mol. The van der Waals surface area contributed by atoms with Crippen LogP contribution < -0.4 is 4.90 Å². The second-order valence-electron chi connectivity index (χ2n) is 14.1. The van der Waals surface area contributed by atoms with Crippen molar-refractivity contribution in [2.75, 3.05) is 4.90 Å². The highest BCUT2D eigenvalue weighted by atomic mass is 19.4. The van der Waals surface area contributed by atoms with Gasteiger partial charge in [-0.1, -0.05) is 127 Å². The first-order valence-corrected chi connectivity index (χ1v) is 18.8. The summed E-state index contributed by atoms with van der Waals surface area (Å²) in [6, 6.07) is 52.0. The summed E-state index contributed by atoms with van der Waals surface area (Å²) in [6.07, 6.45) is -9.17. The predicted octanol–water partition coefficient (Wildman–Crippen LogP) is 13.3. The highest BCUT2D eigenvalue weighted by Gasteiger charge is 2.36. The number of benzene rings is 7. The molecule has 2 aromatic heterocycles. The zero-order valence-electron chi connectivity index (χ0n) is 31.2. The molecule has 0 saturated carbocycles. The Morgan fingerprint density at radius 2 is 0.746 bits per heavy atom. The smallest absolute Gasteiger partial charge is 0.311 e. The fraction of sp³-hybridized carbons (Fsp3) is 0.0833. The molecule has 9 rings (SSSR count). The van der Waals surface area contributed by atoms with E-state index in [2.05, 4.69) is 10.2 Å². The molecule has 11 heteroatoms. The quantitative estimate of drug-likeness (QED) is 0.137. The van der Waals surface area contributed by atoms with E-state index >= 15 is 0 Å². The van der Waals surface area contributed by atoms with Gasteiger partial charge >= 0.3 is 12.4 Å². The number of hydrogen-bond donors (Lipinski definition) is 0. The van der Waals surface area contributed by atoms with E-state index in [1.165, 1.54) is 12.1 Å². The van der Waals surface area contributed by atoms with Gasteiger partial charge in [0, 0.05) is 39.0 Å². The Morgan fingerprint density at radius 3 is 1.12 bits per heavy atom. The first-order valence-electron chi connectivity index (χ1n) is 18.8. The Kier molecular flexibility index (Phi) is 9.51. The molecule has 0 fully saturated rings. The Balaban J connectivity index is 1.13. The summed E-state index contributed by atoms with van der Waals surface area (Å²) < 4.78 is 88.4. The standard InChI is InChI=1S/C48H33F6N5/c49-47(50,51)41-20-10-18-39-43(41)55-57(30-32-12-4-1-5-13-32)45(39)34-22-26-37(27-23-34)59(36-16-8-3-9-17-36)38-28-24-35(25-29-38)46-40-19-11-21-42(48(52,53)54)44(40)56-58(46)31-33-14-6-2-7-15-33/h1-29H,30-31H2. The number of aromatic nitrogens is 4. The molecule has 0 aliphatic carbocycles. The summed E-state index contributed by atoms with van der Waals surface area (Å²) in [6.45, 7) is 0.535. The van der Waals surface area contributed by atoms with Crippen molar-refractivity contribution in [3.8, 4) is 22.5 Å². The molecule has 5 nitrogen and oxygen atoms in total. The summed E-state index contributed by atoms with van der Waals surface area (Å²) >= 11 is 0. The van der Waals surface area contributed by atoms with E-state index in [1.54, 1.807) is 21.5 Å². The van der Waals surface area contributed by atoms with Crippen molar-refractivity contribution in [3.05, 3.63) is 198 Å². The molecule has 0 aliphatic heterocycles. The van der Waals surface area contributed by atoms with Crippen molar-refractivity contribution < 1.29 is 26.3 Å². The lowest BCUT2D eigenvalue weighted by atomic mass is 10.0. The number of nitrogens with zero attached hydrogens (tertiary/aromatic N) is 5. The van der Waals surface area contributed by atoms with Crippen molar-refractivity contribution >= 4 is 38.9 Å². The molecule has 0 radical (unpaired) electrons. The van der Waals surface area contributed by atoms with Crippen molar-refractivity contribution in [1.82, 2.24) is 19.6 Å². The Bertz CT molecular complexity index is 2700. The normalized spacial score (nSPS) is 12.0. The van der Waals surface area contributed by atoms with Gasteiger partial charge in [0.25, 0.3) is 0 Å². The summed E-state index contributed by atoms with van der Waals surface area (Å²) in [5, 5.41) is 9.82. The maximum Gasteiger partial charge on any atom is 0.418 e. The monoisotopic (exact) mass is 793 g/mol. The van der Waals surface area contributed by atoms with Crippen LogP contribution in [0.4, 0.5) is 43.4 Å². The molecule has 7 aromatic carbocycles. The lowest BCUT2D eigenvalue weighted by molar-refractivity contribution is -0.137. The van der Waals surface area contributed by atoms with Crippen LogP contribution in [0.1, 0.15) is 22.3 Å². The minimum absolute atomic E-state index is 0.117. The number of hydrogen-bond acceptors (Lipinski definition) is 3. The van der Waals surface area contributed by atoms with E-state index in [1.807, 2.05) is 144 Å². The molecule has 0 saturated heterocycles. The van der Waals surface area contributed by atoms with Crippen LogP contribution in [0.2, 0.25) is 0 Å². The van der Waals surface area contributed by atoms with Crippen LogP contribution in [0, 0.1) is 0 Å². The summed E-state index contributed by atoms with van der Waals surface area (Å²) in [5.74, 6) is 0. The maximum atomic E-state index is 14.2. The van der Waals surface area contributed by atoms with Crippen molar-refractivity contribution in [2.24, 2.45) is 0 Å². The number of halogens is 6. The van der Waals surface area contributed by atoms with Crippen LogP contribution in [0.25, 0.3) is 44.3 Å². The molecule has 0 N–H and O–H groups in total. The molecule has 292 valence electrons. The lowest BCUT2D eigenvalue weighted by Crippen LogP contribution is -2.10. The third-order valence-electron chi connectivity index (χ3n) is 10.3. The number of alkyl halides is 6. The largest absolute Gasteiger partial charge is 0.418 e. The van der Waals surface area contributed by atoms with Gasteiger partial charge in [-0.05, 0) is 59.7 Å². The van der Waals surface area contributed by atoms with Crippen molar-refractivity contribution in [2.45, 2.75) is 25.4 Å². The van der Waals surface area contributed by atoms with E-state index in [4.69, 9.17) is 0 Å². The third kappa shape index (κ3) is 7.31. The van der Waals surface area contributed by atoms with Gasteiger partial charge in [-0.2, -0.15) is 36.5 Å². The zero-order chi connectivity index (χ0) is 40.7. The lowest BCUT2D eigenvalue weighted by Gasteiger charge is -2.26. The molecular weight excluding hydrogens is 761 g/mol. The van der Waals surface area contributed by atoms with E-state index in [9.17, 15) is 26.3 Å². The fourth-order valence-electron chi connectivity index (χ4n) is 7.67. The molecule has 0 spiro atoms. The molecule has 0 unspecified atom stereocenters. The number of rotatable bonds is 9. The summed E-state index contributed by atoms with van der Waals surface area (Å²) in [5.41, 5.74) is 4.84. The van der Waals surface area contributed by atoms with Gasteiger partial charge in [-0.25, -0.2) is 0 Å². The summed E-state index contributed by atoms with van der Waals surface area (Å²) in [4.78, 5) is 2.04. The van der Waals surface area contributed by atoms with E-state index in [0.29, 0.717) is 33.3 Å². The van der Waals surface area contributed by atoms with Crippen LogP contribution in [-0.2, 0) is 25.4 Å². The van der Waals surface area contributed by atoms with Crippen LogP contribution in [0.3, 0.4) is 0 Å². The first-order chi connectivity index (χ1) is 28.5. The molecule has 0 bridgehead atoms. The highest BCUT2D eigenvalue weighted by Crippen LogP contribution is 2.42. The molecule has 0 atom stereocenters. The van der Waals surface area contributed by atoms with Crippen molar-refractivity contribution in [3.63, 3.8) is 0 Å². The SMILES string of the molecule is FC(F)(F)c1cccc2c(-c3ccc(N(c4ccccc4)c4ccc(-c5c6cccc(C(F)(F)F)c6nn5Cc5ccccc5)cc4)cc3)n(Cc3ccccc3)nc12. The first kappa shape index (κ1) is 37.4. The number of para-hydroxylation sites is 1. The minimum Gasteiger partial charge on any atom is -0.311 e. The average Bonchev–Trinajstić information content (AvgIpc) is 3.79. The Labute approximate surface area is 335 Å². The molecule has 9 aromatic rings. The van der Waals surface area contributed by atoms with Gasteiger partial charge < -0.3 is 4.90 Å². The van der Waals surface area contributed by atoms with Gasteiger partial charge in [0.2, 0.25) is 0 Å². The molecule has 0 aliphatic rings. The van der Waals surface area contributed by atoms with Crippen LogP contribution in [0.15, 0.2) is 176 Å². The fourth-order valence-corrected chi connectivity index (χ4v) is 7.67. The Hall–Kier alpha value is -7.14. The summed E-state index contributed by atoms with van der Waals surface area (Å²) in [7, 11) is 0. The minimum atomic E-state index is -4.58. The third-order valence-corrected chi connectivity index (χ3v) is 10.3. The van der Waals surface area contributed by atoms with Crippen LogP contribution in [-0.4, -0.2) is 19.6 Å². The Morgan fingerprint density at radius 1 is 0.390 bits per heavy atom. The maximum absolute atomic E-state index is 14.2. The topological polar surface area (TPSA) is 38.9 Å². The average molecular weight is 794 g/mol. The van der Waals surface area contributed by atoms with Gasteiger partial charge in [-0.15, -0.1) is 0 Å². The molecular formula is C48H33F6N5. The van der Waals surface area contributed by atoms with E-state index in [0.717, 1.165) is 40.3 Å². The second kappa shape index (κ2) is 15.0. The van der Waals surface area contributed by atoms with Crippen LogP contribution >= 0.6 is 0 Å². The van der Waals surface area contributed by atoms with Gasteiger partial charge in [0.15, 0.2) is 0 Å².